The predicted molar refractivity (Wildman–Crippen MR) is 131 cm³/mol. The number of halogens is 1. The van der Waals surface area contributed by atoms with Crippen LogP contribution >= 0.6 is 12.4 Å². The maximum atomic E-state index is 2.70. The molecule has 3 heteroatoms. The van der Waals surface area contributed by atoms with Gasteiger partial charge < -0.3 is 4.90 Å². The van der Waals surface area contributed by atoms with E-state index in [1.54, 1.807) is 5.56 Å². The molecule has 0 unspecified atom stereocenters. The van der Waals surface area contributed by atoms with Crippen LogP contribution in [0.15, 0.2) is 24.3 Å². The van der Waals surface area contributed by atoms with Gasteiger partial charge in [-0.1, -0.05) is 72.6 Å². The highest BCUT2D eigenvalue weighted by atomic mass is 35.5. The minimum Gasteiger partial charge on any atom is -0.369 e. The molecule has 2 aliphatic rings. The molecule has 0 radical (unpaired) electrons. The maximum absolute atomic E-state index is 2.70. The monoisotopic (exact) mass is 420 g/mol. The number of piperazine rings is 1. The second-order valence-electron chi connectivity index (χ2n) is 11.1. The van der Waals surface area contributed by atoms with E-state index in [-0.39, 0.29) is 12.4 Å². The molecular formula is C26H45ClN2. The SMILES string of the molecule is CCC(CC)CN1CCN(c2ccccc2C2CC(C)(C)CC(C)(C)C2)CC1.Cl. The van der Waals surface area contributed by atoms with Gasteiger partial charge in [-0.25, -0.2) is 0 Å². The molecule has 1 aromatic carbocycles. The number of anilines is 1. The van der Waals surface area contributed by atoms with E-state index in [4.69, 9.17) is 0 Å². The molecule has 0 spiro atoms. The van der Waals surface area contributed by atoms with Gasteiger partial charge in [-0.15, -0.1) is 12.4 Å². The van der Waals surface area contributed by atoms with Crippen molar-refractivity contribution in [2.45, 2.75) is 79.6 Å². The number of para-hydroxylation sites is 1. The van der Waals surface area contributed by atoms with Crippen LogP contribution in [0.3, 0.4) is 0 Å². The van der Waals surface area contributed by atoms with Crippen LogP contribution in [0.25, 0.3) is 0 Å². The van der Waals surface area contributed by atoms with Crippen molar-refractivity contribution >= 4 is 18.1 Å². The second kappa shape index (κ2) is 10.1. The molecular weight excluding hydrogens is 376 g/mol. The van der Waals surface area contributed by atoms with Crippen LogP contribution in [0.5, 0.6) is 0 Å². The quantitative estimate of drug-likeness (QED) is 0.489. The summed E-state index contributed by atoms with van der Waals surface area (Å²) in [5.74, 6) is 1.56. The average molecular weight is 421 g/mol. The molecule has 0 N–H and O–H groups in total. The minimum atomic E-state index is 0. The van der Waals surface area contributed by atoms with Crippen molar-refractivity contribution < 1.29 is 0 Å². The molecule has 1 aliphatic heterocycles. The van der Waals surface area contributed by atoms with Gasteiger partial charge in [0.15, 0.2) is 0 Å². The van der Waals surface area contributed by atoms with E-state index in [9.17, 15) is 0 Å². The van der Waals surface area contributed by atoms with Crippen LogP contribution in [0.4, 0.5) is 5.69 Å². The molecule has 0 atom stereocenters. The van der Waals surface area contributed by atoms with E-state index in [0.717, 1.165) is 5.92 Å². The molecule has 1 saturated heterocycles. The second-order valence-corrected chi connectivity index (χ2v) is 11.1. The first kappa shape index (κ1) is 24.5. The first-order valence-corrected chi connectivity index (χ1v) is 11.8. The Hall–Kier alpha value is -0.730. The van der Waals surface area contributed by atoms with Crippen LogP contribution in [0, 0.1) is 16.7 Å². The highest BCUT2D eigenvalue weighted by Crippen LogP contribution is 2.53. The van der Waals surface area contributed by atoms with Gasteiger partial charge in [-0.3, -0.25) is 4.90 Å². The molecule has 1 aliphatic carbocycles. The van der Waals surface area contributed by atoms with Crippen LogP contribution < -0.4 is 4.90 Å². The molecule has 0 amide bonds. The summed E-state index contributed by atoms with van der Waals surface area (Å²) in [5.41, 5.74) is 4.00. The summed E-state index contributed by atoms with van der Waals surface area (Å²) in [6, 6.07) is 9.32. The Bertz CT molecular complexity index is 611. The van der Waals surface area contributed by atoms with E-state index >= 15 is 0 Å². The first-order chi connectivity index (χ1) is 13.2. The van der Waals surface area contributed by atoms with Crippen molar-refractivity contribution in [3.05, 3.63) is 29.8 Å². The fraction of sp³-hybridized carbons (Fsp3) is 0.769. The third kappa shape index (κ3) is 6.37. The van der Waals surface area contributed by atoms with Gasteiger partial charge in [0.1, 0.15) is 0 Å². The molecule has 3 rings (SSSR count). The lowest BCUT2D eigenvalue weighted by atomic mass is 9.60. The topological polar surface area (TPSA) is 6.48 Å². The number of benzene rings is 1. The van der Waals surface area contributed by atoms with Gasteiger partial charge in [-0.05, 0) is 53.6 Å². The Kier molecular flexibility index (Phi) is 8.51. The van der Waals surface area contributed by atoms with E-state index in [2.05, 4.69) is 75.6 Å². The van der Waals surface area contributed by atoms with Crippen LogP contribution in [-0.4, -0.2) is 37.6 Å². The summed E-state index contributed by atoms with van der Waals surface area (Å²) in [6.45, 7) is 20.6. The molecule has 1 heterocycles. The van der Waals surface area contributed by atoms with Gasteiger partial charge in [0.2, 0.25) is 0 Å². The fourth-order valence-corrected chi connectivity index (χ4v) is 6.27. The predicted octanol–water partition coefficient (Wildman–Crippen LogP) is 6.99. The maximum Gasteiger partial charge on any atom is 0.0402 e. The number of nitrogens with zero attached hydrogens (tertiary/aromatic N) is 2. The zero-order chi connectivity index (χ0) is 20.4. The van der Waals surface area contributed by atoms with Crippen LogP contribution in [0.2, 0.25) is 0 Å². The lowest BCUT2D eigenvalue weighted by molar-refractivity contribution is 0.0969. The van der Waals surface area contributed by atoms with E-state index in [1.165, 1.54) is 70.5 Å². The third-order valence-electron chi connectivity index (χ3n) is 7.32. The molecule has 0 aromatic heterocycles. The third-order valence-corrected chi connectivity index (χ3v) is 7.32. The van der Waals surface area contributed by atoms with Crippen molar-refractivity contribution in [3.63, 3.8) is 0 Å². The normalized spacial score (nSPS) is 22.5. The summed E-state index contributed by atoms with van der Waals surface area (Å²) < 4.78 is 0. The Labute approximate surface area is 186 Å². The molecule has 166 valence electrons. The van der Waals surface area contributed by atoms with Gasteiger partial charge >= 0.3 is 0 Å². The zero-order valence-electron chi connectivity index (χ0n) is 19.8. The van der Waals surface area contributed by atoms with Gasteiger partial charge in [0, 0.05) is 38.4 Å². The molecule has 0 bridgehead atoms. The van der Waals surface area contributed by atoms with Gasteiger partial charge in [0.05, 0.1) is 0 Å². The van der Waals surface area contributed by atoms with Crippen molar-refractivity contribution in [2.75, 3.05) is 37.6 Å². The van der Waals surface area contributed by atoms with E-state index in [0.29, 0.717) is 16.7 Å². The Balaban J connectivity index is 0.00000300. The highest BCUT2D eigenvalue weighted by molar-refractivity contribution is 5.85. The number of hydrogen-bond donors (Lipinski definition) is 0. The lowest BCUT2D eigenvalue weighted by Gasteiger charge is -2.46. The molecule has 29 heavy (non-hydrogen) atoms. The number of rotatable bonds is 6. The summed E-state index contributed by atoms with van der Waals surface area (Å²) in [4.78, 5) is 5.37. The highest BCUT2D eigenvalue weighted by Gasteiger charge is 2.39. The summed E-state index contributed by atoms with van der Waals surface area (Å²) in [6.07, 6.45) is 6.61. The van der Waals surface area contributed by atoms with E-state index in [1.807, 2.05) is 0 Å². The summed E-state index contributed by atoms with van der Waals surface area (Å²) >= 11 is 0. The standard InChI is InChI=1S/C26H44N2.ClH/c1-7-21(8-2)19-27-13-15-28(16-14-27)24-12-10-9-11-23(24)22-17-25(3,4)20-26(5,6)18-22;/h9-12,21-22H,7-8,13-20H2,1-6H3;1H. The van der Waals surface area contributed by atoms with Crippen molar-refractivity contribution in [2.24, 2.45) is 16.7 Å². The Morgan fingerprint density at radius 3 is 2.00 bits per heavy atom. The largest absolute Gasteiger partial charge is 0.369 e. The zero-order valence-corrected chi connectivity index (χ0v) is 20.7. The molecule has 1 saturated carbocycles. The van der Waals surface area contributed by atoms with Crippen molar-refractivity contribution in [3.8, 4) is 0 Å². The number of hydrogen-bond acceptors (Lipinski definition) is 2. The average Bonchev–Trinajstić information content (AvgIpc) is 2.64. The summed E-state index contributed by atoms with van der Waals surface area (Å²) in [5, 5.41) is 0. The van der Waals surface area contributed by atoms with Crippen molar-refractivity contribution in [1.29, 1.82) is 0 Å². The lowest BCUT2D eigenvalue weighted by Crippen LogP contribution is -2.48. The van der Waals surface area contributed by atoms with Gasteiger partial charge in [0.25, 0.3) is 0 Å². The smallest absolute Gasteiger partial charge is 0.0402 e. The molecule has 2 fully saturated rings. The van der Waals surface area contributed by atoms with Crippen LogP contribution in [-0.2, 0) is 0 Å². The van der Waals surface area contributed by atoms with Crippen LogP contribution in [0.1, 0.15) is 85.1 Å². The first-order valence-electron chi connectivity index (χ1n) is 11.8. The Morgan fingerprint density at radius 1 is 0.897 bits per heavy atom. The van der Waals surface area contributed by atoms with Gasteiger partial charge in [-0.2, -0.15) is 0 Å². The summed E-state index contributed by atoms with van der Waals surface area (Å²) in [7, 11) is 0. The minimum absolute atomic E-state index is 0. The molecule has 2 nitrogen and oxygen atoms in total. The Morgan fingerprint density at radius 2 is 1.45 bits per heavy atom. The van der Waals surface area contributed by atoms with E-state index < -0.39 is 0 Å². The van der Waals surface area contributed by atoms with Crippen molar-refractivity contribution in [1.82, 2.24) is 4.90 Å². The fourth-order valence-electron chi connectivity index (χ4n) is 6.27. The molecule has 1 aromatic rings.